The number of aromatic nitrogens is 2. The Morgan fingerprint density at radius 3 is 2.55 bits per heavy atom. The lowest BCUT2D eigenvalue weighted by Crippen LogP contribution is -2.45. The SMILES string of the molecule is CCOC(=O)C1=C(C)NC(=O)N[C@H]1c1cn(-c2ccccc2)nc1-c1ccc(Cl)cc1. The molecule has 0 saturated heterocycles. The van der Waals surface area contributed by atoms with Gasteiger partial charge < -0.3 is 15.4 Å². The summed E-state index contributed by atoms with van der Waals surface area (Å²) >= 11 is 6.07. The fraction of sp³-hybridized carbons (Fsp3) is 0.174. The van der Waals surface area contributed by atoms with E-state index in [2.05, 4.69) is 10.6 Å². The second-order valence-corrected chi connectivity index (χ2v) is 7.45. The molecule has 0 unspecified atom stereocenters. The van der Waals surface area contributed by atoms with Crippen LogP contribution in [-0.4, -0.2) is 28.4 Å². The Bertz CT molecular complexity index is 1150. The summed E-state index contributed by atoms with van der Waals surface area (Å²) < 4.78 is 6.99. The minimum absolute atomic E-state index is 0.226. The maximum Gasteiger partial charge on any atom is 0.338 e. The highest BCUT2D eigenvalue weighted by Crippen LogP contribution is 2.35. The van der Waals surface area contributed by atoms with Gasteiger partial charge in [0.15, 0.2) is 0 Å². The van der Waals surface area contributed by atoms with Crippen molar-refractivity contribution in [2.45, 2.75) is 19.9 Å². The molecule has 1 aliphatic rings. The van der Waals surface area contributed by atoms with Crippen LogP contribution in [0.3, 0.4) is 0 Å². The molecular formula is C23H21ClN4O3. The van der Waals surface area contributed by atoms with E-state index in [0.29, 0.717) is 27.6 Å². The summed E-state index contributed by atoms with van der Waals surface area (Å²) in [6.07, 6.45) is 1.82. The van der Waals surface area contributed by atoms with Crippen molar-refractivity contribution in [2.24, 2.45) is 0 Å². The number of nitrogens with one attached hydrogen (secondary N) is 2. The van der Waals surface area contributed by atoms with Gasteiger partial charge in [-0.3, -0.25) is 0 Å². The van der Waals surface area contributed by atoms with E-state index in [1.165, 1.54) is 0 Å². The highest BCUT2D eigenvalue weighted by atomic mass is 35.5. The van der Waals surface area contributed by atoms with Crippen molar-refractivity contribution in [1.82, 2.24) is 20.4 Å². The molecule has 3 aromatic rings. The molecule has 2 heterocycles. The van der Waals surface area contributed by atoms with Crippen molar-refractivity contribution in [3.05, 3.63) is 82.7 Å². The van der Waals surface area contributed by atoms with Gasteiger partial charge in [0.2, 0.25) is 0 Å². The average Bonchev–Trinajstić information content (AvgIpc) is 3.20. The third-order valence-electron chi connectivity index (χ3n) is 4.96. The largest absolute Gasteiger partial charge is 0.463 e. The number of amides is 2. The van der Waals surface area contributed by atoms with Gasteiger partial charge in [-0.25, -0.2) is 14.3 Å². The zero-order valence-electron chi connectivity index (χ0n) is 17.1. The smallest absolute Gasteiger partial charge is 0.338 e. The van der Waals surface area contributed by atoms with Crippen LogP contribution in [0, 0.1) is 0 Å². The van der Waals surface area contributed by atoms with Crippen molar-refractivity contribution in [3.8, 4) is 16.9 Å². The molecular weight excluding hydrogens is 416 g/mol. The van der Waals surface area contributed by atoms with Crippen molar-refractivity contribution >= 4 is 23.6 Å². The first-order valence-electron chi connectivity index (χ1n) is 9.84. The van der Waals surface area contributed by atoms with Crippen LogP contribution in [0.4, 0.5) is 4.79 Å². The van der Waals surface area contributed by atoms with E-state index in [-0.39, 0.29) is 6.61 Å². The van der Waals surface area contributed by atoms with Gasteiger partial charge in [0, 0.05) is 28.0 Å². The molecule has 2 amide bonds. The van der Waals surface area contributed by atoms with E-state index in [1.54, 1.807) is 30.7 Å². The van der Waals surface area contributed by atoms with Gasteiger partial charge in [0.1, 0.15) is 0 Å². The highest BCUT2D eigenvalue weighted by molar-refractivity contribution is 6.30. The predicted molar refractivity (Wildman–Crippen MR) is 118 cm³/mol. The molecule has 31 heavy (non-hydrogen) atoms. The van der Waals surface area contributed by atoms with Crippen molar-refractivity contribution in [1.29, 1.82) is 0 Å². The van der Waals surface area contributed by atoms with Crippen LogP contribution >= 0.6 is 11.6 Å². The number of carbonyl (C=O) groups is 2. The lowest BCUT2D eigenvalue weighted by atomic mass is 9.94. The Labute approximate surface area is 184 Å². The molecule has 2 aromatic carbocycles. The van der Waals surface area contributed by atoms with Gasteiger partial charge in [0.05, 0.1) is 29.6 Å². The molecule has 2 N–H and O–H groups in total. The van der Waals surface area contributed by atoms with Gasteiger partial charge in [-0.2, -0.15) is 5.10 Å². The number of ether oxygens (including phenoxy) is 1. The number of benzene rings is 2. The van der Waals surface area contributed by atoms with E-state index in [1.807, 2.05) is 48.7 Å². The van der Waals surface area contributed by atoms with E-state index in [0.717, 1.165) is 11.3 Å². The third-order valence-corrected chi connectivity index (χ3v) is 5.21. The molecule has 0 fully saturated rings. The minimum atomic E-state index is -0.726. The van der Waals surface area contributed by atoms with Gasteiger partial charge >= 0.3 is 12.0 Å². The van der Waals surface area contributed by atoms with E-state index >= 15 is 0 Å². The molecule has 1 aromatic heterocycles. The van der Waals surface area contributed by atoms with Crippen LogP contribution in [-0.2, 0) is 9.53 Å². The molecule has 0 aliphatic carbocycles. The Hall–Kier alpha value is -3.58. The molecule has 1 atom stereocenters. The lowest BCUT2D eigenvalue weighted by Gasteiger charge is -2.27. The molecule has 1 aliphatic heterocycles. The number of hydrogen-bond acceptors (Lipinski definition) is 4. The number of carbonyl (C=O) groups excluding carboxylic acids is 2. The third kappa shape index (κ3) is 4.18. The molecule has 0 spiro atoms. The molecule has 0 saturated carbocycles. The van der Waals surface area contributed by atoms with E-state index < -0.39 is 18.0 Å². The van der Waals surface area contributed by atoms with Crippen LogP contribution in [0.2, 0.25) is 5.02 Å². The topological polar surface area (TPSA) is 85.2 Å². The van der Waals surface area contributed by atoms with Crippen LogP contribution in [0.15, 0.2) is 72.1 Å². The van der Waals surface area contributed by atoms with Gasteiger partial charge in [-0.05, 0) is 38.1 Å². The van der Waals surface area contributed by atoms with Crippen molar-refractivity contribution < 1.29 is 14.3 Å². The first kappa shape index (κ1) is 20.7. The summed E-state index contributed by atoms with van der Waals surface area (Å²) in [6.45, 7) is 3.65. The Morgan fingerprint density at radius 2 is 1.87 bits per heavy atom. The summed E-state index contributed by atoms with van der Waals surface area (Å²) in [4.78, 5) is 25.1. The normalized spacial score (nSPS) is 16.0. The molecule has 0 bridgehead atoms. The van der Waals surface area contributed by atoms with Crippen LogP contribution in [0.1, 0.15) is 25.5 Å². The lowest BCUT2D eigenvalue weighted by molar-refractivity contribution is -0.139. The van der Waals surface area contributed by atoms with Crippen molar-refractivity contribution in [2.75, 3.05) is 6.61 Å². The van der Waals surface area contributed by atoms with Gasteiger partial charge in [-0.1, -0.05) is 41.9 Å². The standard InChI is InChI=1S/C23H21ClN4O3/c1-3-31-22(29)19-14(2)25-23(30)26-21(19)18-13-28(17-7-5-4-6-8-17)27-20(18)15-9-11-16(24)12-10-15/h4-13,21H,3H2,1-2H3,(H2,25,26,30)/t21-/m0/s1. The van der Waals surface area contributed by atoms with Crippen LogP contribution < -0.4 is 10.6 Å². The number of urea groups is 1. The number of rotatable bonds is 5. The average molecular weight is 437 g/mol. The van der Waals surface area contributed by atoms with Gasteiger partial charge in [0.25, 0.3) is 0 Å². The summed E-state index contributed by atoms with van der Waals surface area (Å²) in [5.41, 5.74) is 3.74. The molecule has 8 heteroatoms. The number of allylic oxidation sites excluding steroid dienone is 1. The van der Waals surface area contributed by atoms with Gasteiger partial charge in [-0.15, -0.1) is 0 Å². The summed E-state index contributed by atoms with van der Waals surface area (Å²) in [7, 11) is 0. The monoisotopic (exact) mass is 436 g/mol. The quantitative estimate of drug-likeness (QED) is 0.581. The fourth-order valence-electron chi connectivity index (χ4n) is 3.55. The maximum atomic E-state index is 12.8. The first-order valence-corrected chi connectivity index (χ1v) is 10.2. The minimum Gasteiger partial charge on any atom is -0.463 e. The molecule has 7 nitrogen and oxygen atoms in total. The van der Waals surface area contributed by atoms with Crippen molar-refractivity contribution in [3.63, 3.8) is 0 Å². The summed E-state index contributed by atoms with van der Waals surface area (Å²) in [5, 5.41) is 10.9. The van der Waals surface area contributed by atoms with Crippen LogP contribution in [0.25, 0.3) is 16.9 Å². The number of halogens is 1. The Balaban J connectivity index is 1.90. The summed E-state index contributed by atoms with van der Waals surface area (Å²) in [5.74, 6) is -0.494. The molecule has 158 valence electrons. The maximum absolute atomic E-state index is 12.8. The van der Waals surface area contributed by atoms with E-state index in [9.17, 15) is 9.59 Å². The highest BCUT2D eigenvalue weighted by Gasteiger charge is 2.35. The molecule has 4 rings (SSSR count). The second-order valence-electron chi connectivity index (χ2n) is 7.01. The Kier molecular flexibility index (Phi) is 5.77. The number of para-hydroxylation sites is 1. The number of hydrogen-bond donors (Lipinski definition) is 2. The zero-order chi connectivity index (χ0) is 22.0. The number of nitrogens with zero attached hydrogens (tertiary/aromatic N) is 2. The second kappa shape index (κ2) is 8.65. The fourth-order valence-corrected chi connectivity index (χ4v) is 3.68. The summed E-state index contributed by atoms with van der Waals surface area (Å²) in [6, 6.07) is 15.7. The Morgan fingerprint density at radius 1 is 1.16 bits per heavy atom. The van der Waals surface area contributed by atoms with Crippen LogP contribution in [0.5, 0.6) is 0 Å². The predicted octanol–water partition coefficient (Wildman–Crippen LogP) is 4.38. The zero-order valence-corrected chi connectivity index (χ0v) is 17.8. The molecule has 0 radical (unpaired) electrons. The first-order chi connectivity index (χ1) is 15.0. The number of esters is 1. The van der Waals surface area contributed by atoms with E-state index in [4.69, 9.17) is 21.4 Å².